The number of thiazole rings is 1. The van der Waals surface area contributed by atoms with Crippen molar-refractivity contribution < 1.29 is 4.39 Å². The molecule has 0 saturated heterocycles. The summed E-state index contributed by atoms with van der Waals surface area (Å²) < 4.78 is 15.5. The minimum Gasteiger partial charge on any atom is -0.327 e. The van der Waals surface area contributed by atoms with Crippen molar-refractivity contribution in [2.75, 3.05) is 0 Å². The van der Waals surface area contributed by atoms with Gasteiger partial charge in [0.25, 0.3) is 0 Å². The Labute approximate surface area is 171 Å². The fraction of sp³-hybridized carbons (Fsp3) is 0.0909. The van der Waals surface area contributed by atoms with Crippen molar-refractivity contribution in [3.63, 3.8) is 0 Å². The van der Waals surface area contributed by atoms with Crippen LogP contribution in [0.15, 0.2) is 60.4 Å². The first-order chi connectivity index (χ1) is 14.0. The maximum Gasteiger partial charge on any atom is 0.142 e. The van der Waals surface area contributed by atoms with Crippen molar-refractivity contribution in [1.82, 2.24) is 19.5 Å². The Balaban J connectivity index is 1.81. The summed E-state index contributed by atoms with van der Waals surface area (Å²) in [5, 5.41) is 1.72. The fourth-order valence-corrected chi connectivity index (χ4v) is 4.20. The summed E-state index contributed by atoms with van der Waals surface area (Å²) in [7, 11) is 1.94. The molecule has 4 heterocycles. The van der Waals surface area contributed by atoms with E-state index in [-0.39, 0.29) is 5.82 Å². The maximum atomic E-state index is 13.5. The molecule has 0 aliphatic carbocycles. The van der Waals surface area contributed by atoms with Crippen LogP contribution in [0.2, 0.25) is 0 Å². The molecular formula is C22H18FN5S. The average molecular weight is 403 g/mol. The Morgan fingerprint density at radius 1 is 1.24 bits per heavy atom. The van der Waals surface area contributed by atoms with E-state index in [1.165, 1.54) is 23.6 Å². The second-order valence-electron chi connectivity index (χ2n) is 6.47. The lowest BCUT2D eigenvalue weighted by Gasteiger charge is -2.04. The molecule has 0 N–H and O–H groups in total. The van der Waals surface area contributed by atoms with Gasteiger partial charge in [0.2, 0.25) is 0 Å². The first-order valence-electron chi connectivity index (χ1n) is 8.87. The number of rotatable bonds is 5. The lowest BCUT2D eigenvalue weighted by molar-refractivity contribution is 0.622. The normalized spacial score (nSPS) is 11.8. The molecule has 4 aromatic heterocycles. The van der Waals surface area contributed by atoms with Crippen molar-refractivity contribution in [3.8, 4) is 21.1 Å². The van der Waals surface area contributed by atoms with Gasteiger partial charge < -0.3 is 4.57 Å². The van der Waals surface area contributed by atoms with Gasteiger partial charge in [-0.2, -0.15) is 0 Å². The van der Waals surface area contributed by atoms with Gasteiger partial charge in [0.1, 0.15) is 16.5 Å². The summed E-state index contributed by atoms with van der Waals surface area (Å²) in [6.07, 6.45) is 6.29. The summed E-state index contributed by atoms with van der Waals surface area (Å²) >= 11 is 1.47. The fourth-order valence-electron chi connectivity index (χ4n) is 3.19. The van der Waals surface area contributed by atoms with Gasteiger partial charge >= 0.3 is 0 Å². The summed E-state index contributed by atoms with van der Waals surface area (Å²) in [6, 6.07) is 7.46. The lowest BCUT2D eigenvalue weighted by Crippen LogP contribution is -1.96. The number of halogens is 1. The molecule has 144 valence electrons. The molecule has 0 radical (unpaired) electrons. The molecule has 0 unspecified atom stereocenters. The van der Waals surface area contributed by atoms with E-state index < -0.39 is 0 Å². The van der Waals surface area contributed by atoms with E-state index in [0.717, 1.165) is 38.7 Å². The van der Waals surface area contributed by atoms with E-state index in [1.807, 2.05) is 42.8 Å². The average Bonchev–Trinajstić information content (AvgIpc) is 3.26. The molecule has 0 aromatic carbocycles. The van der Waals surface area contributed by atoms with Gasteiger partial charge in [-0.15, -0.1) is 11.3 Å². The number of pyridine rings is 2. The van der Waals surface area contributed by atoms with Gasteiger partial charge in [0.05, 0.1) is 33.9 Å². The first-order valence-corrected chi connectivity index (χ1v) is 9.68. The molecule has 4 aromatic rings. The number of aryl methyl sites for hydroxylation is 2. The third-order valence-electron chi connectivity index (χ3n) is 4.57. The van der Waals surface area contributed by atoms with Crippen LogP contribution in [-0.4, -0.2) is 26.2 Å². The van der Waals surface area contributed by atoms with Crippen molar-refractivity contribution >= 4 is 34.8 Å². The van der Waals surface area contributed by atoms with E-state index in [2.05, 4.69) is 28.3 Å². The van der Waals surface area contributed by atoms with E-state index in [9.17, 15) is 4.39 Å². The summed E-state index contributed by atoms with van der Waals surface area (Å²) in [5.74, 6) is -0.382. The van der Waals surface area contributed by atoms with E-state index in [1.54, 1.807) is 12.3 Å². The standard InChI is InChI=1S/C22H18FN5S/c1-5-6-17(24-3)19-10-14-7-8-18(27-21(14)28(19)4)20-13(2)26-22(29-20)15-9-16(23)12-25-11-15/h5-12H,1,3H2,2,4H3/b17-6-. The lowest BCUT2D eigenvalue weighted by atomic mass is 10.2. The maximum absolute atomic E-state index is 13.5. The number of hydrogen-bond donors (Lipinski definition) is 0. The second-order valence-corrected chi connectivity index (χ2v) is 7.47. The summed E-state index contributed by atoms with van der Waals surface area (Å²) in [5.41, 5.74) is 4.79. The van der Waals surface area contributed by atoms with Crippen LogP contribution < -0.4 is 0 Å². The molecular weight excluding hydrogens is 385 g/mol. The molecule has 0 aliphatic heterocycles. The van der Waals surface area contributed by atoms with Gasteiger partial charge in [0.15, 0.2) is 0 Å². The smallest absolute Gasteiger partial charge is 0.142 e. The topological polar surface area (TPSA) is 56.0 Å². The van der Waals surface area contributed by atoms with Gasteiger partial charge in [0, 0.05) is 24.2 Å². The van der Waals surface area contributed by atoms with E-state index >= 15 is 0 Å². The number of allylic oxidation sites excluding steroid dienone is 2. The van der Waals surface area contributed by atoms with Crippen LogP contribution in [0.1, 0.15) is 11.4 Å². The van der Waals surface area contributed by atoms with Crippen molar-refractivity contribution in [2.45, 2.75) is 6.92 Å². The van der Waals surface area contributed by atoms with Crippen LogP contribution in [0.4, 0.5) is 4.39 Å². The molecule has 0 amide bonds. The third-order valence-corrected chi connectivity index (χ3v) is 5.80. The van der Waals surface area contributed by atoms with Crippen LogP contribution in [0.25, 0.3) is 37.9 Å². The number of hydrogen-bond acceptors (Lipinski definition) is 5. The highest BCUT2D eigenvalue weighted by atomic mass is 32.1. The Kier molecular flexibility index (Phi) is 4.90. The molecule has 0 aliphatic rings. The number of aliphatic imine (C=N–C) groups is 1. The Hall–Kier alpha value is -3.45. The third kappa shape index (κ3) is 3.40. The highest BCUT2D eigenvalue weighted by molar-refractivity contribution is 7.18. The number of aromatic nitrogens is 4. The van der Waals surface area contributed by atoms with Gasteiger partial charge in [-0.1, -0.05) is 12.7 Å². The monoisotopic (exact) mass is 403 g/mol. The van der Waals surface area contributed by atoms with Crippen molar-refractivity contribution in [1.29, 1.82) is 0 Å². The predicted molar refractivity (Wildman–Crippen MR) is 117 cm³/mol. The first kappa shape index (κ1) is 18.9. The van der Waals surface area contributed by atoms with Crippen molar-refractivity contribution in [3.05, 3.63) is 72.6 Å². The molecule has 29 heavy (non-hydrogen) atoms. The zero-order valence-corrected chi connectivity index (χ0v) is 16.9. The van der Waals surface area contributed by atoms with Gasteiger partial charge in [-0.05, 0) is 44.0 Å². The van der Waals surface area contributed by atoms with Gasteiger partial charge in [-0.3, -0.25) is 9.98 Å². The van der Waals surface area contributed by atoms with E-state index in [4.69, 9.17) is 4.98 Å². The van der Waals surface area contributed by atoms with Crippen LogP contribution >= 0.6 is 11.3 Å². The number of nitrogens with zero attached hydrogens (tertiary/aromatic N) is 5. The largest absolute Gasteiger partial charge is 0.327 e. The molecule has 0 fully saturated rings. The highest BCUT2D eigenvalue weighted by Gasteiger charge is 2.16. The minimum atomic E-state index is -0.382. The molecule has 0 atom stereocenters. The molecule has 5 nitrogen and oxygen atoms in total. The Morgan fingerprint density at radius 3 is 2.79 bits per heavy atom. The zero-order chi connectivity index (χ0) is 20.5. The van der Waals surface area contributed by atoms with Crippen LogP contribution in [0.3, 0.4) is 0 Å². The van der Waals surface area contributed by atoms with Crippen molar-refractivity contribution in [2.24, 2.45) is 12.0 Å². The minimum absolute atomic E-state index is 0.382. The Morgan fingerprint density at radius 2 is 2.07 bits per heavy atom. The highest BCUT2D eigenvalue weighted by Crippen LogP contribution is 2.35. The van der Waals surface area contributed by atoms with Gasteiger partial charge in [-0.25, -0.2) is 14.4 Å². The summed E-state index contributed by atoms with van der Waals surface area (Å²) in [4.78, 5) is 18.4. The molecule has 0 saturated carbocycles. The summed E-state index contributed by atoms with van der Waals surface area (Å²) in [6.45, 7) is 9.30. The van der Waals surface area contributed by atoms with Crippen LogP contribution in [-0.2, 0) is 7.05 Å². The van der Waals surface area contributed by atoms with Crippen LogP contribution in [0.5, 0.6) is 0 Å². The van der Waals surface area contributed by atoms with Crippen LogP contribution in [0, 0.1) is 12.7 Å². The number of fused-ring (bicyclic) bond motifs is 1. The molecule has 4 rings (SSSR count). The SMILES string of the molecule is C=C/C=C(\N=C)c1cc2ccc(-c3sc(-c4cncc(F)c4)nc3C)nc2n1C. The molecule has 7 heteroatoms. The molecule has 0 spiro atoms. The molecule has 0 bridgehead atoms. The second kappa shape index (κ2) is 7.52. The van der Waals surface area contributed by atoms with E-state index in [0.29, 0.717) is 10.6 Å². The Bertz CT molecular complexity index is 1280. The zero-order valence-electron chi connectivity index (χ0n) is 16.1. The predicted octanol–water partition coefficient (Wildman–Crippen LogP) is 5.43. The quantitative estimate of drug-likeness (QED) is 0.330.